The Bertz CT molecular complexity index is 81.1. The first-order chi connectivity index (χ1) is 5.81. The monoisotopic (exact) mass is 172 g/mol. The third-order valence-corrected chi connectivity index (χ3v) is 2.26. The van der Waals surface area contributed by atoms with E-state index in [0.29, 0.717) is 0 Å². The van der Waals surface area contributed by atoms with E-state index in [0.717, 1.165) is 19.3 Å². The van der Waals surface area contributed by atoms with Crippen LogP contribution in [0.5, 0.6) is 0 Å². The molecule has 0 fully saturated rings. The van der Waals surface area contributed by atoms with Gasteiger partial charge in [0.1, 0.15) is 0 Å². The van der Waals surface area contributed by atoms with E-state index in [1.54, 1.807) is 0 Å². The van der Waals surface area contributed by atoms with Crippen LogP contribution in [0.25, 0.3) is 0 Å². The van der Waals surface area contributed by atoms with Gasteiger partial charge in [0.15, 0.2) is 0 Å². The van der Waals surface area contributed by atoms with Gasteiger partial charge in [-0.25, -0.2) is 0 Å². The maximum Gasteiger partial charge on any atom is 0.0540 e. The van der Waals surface area contributed by atoms with Gasteiger partial charge in [0, 0.05) is 0 Å². The molecule has 0 saturated heterocycles. The zero-order chi connectivity index (χ0) is 9.23. The van der Waals surface area contributed by atoms with Gasteiger partial charge in [0.05, 0.1) is 6.10 Å². The molecule has 12 heavy (non-hydrogen) atoms. The van der Waals surface area contributed by atoms with Gasteiger partial charge in [0.2, 0.25) is 0 Å². The first kappa shape index (κ1) is 12.0. The third-order valence-electron chi connectivity index (χ3n) is 2.26. The number of aliphatic hydroxyl groups excluding tert-OH is 1. The number of hydrogen-bond acceptors (Lipinski definition) is 1. The molecule has 1 nitrogen and oxygen atoms in total. The van der Waals surface area contributed by atoms with Gasteiger partial charge in [-0.2, -0.15) is 0 Å². The fraction of sp³-hybridized carbons (Fsp3) is 1.00. The lowest BCUT2D eigenvalue weighted by Crippen LogP contribution is -2.04. The molecular weight excluding hydrogens is 148 g/mol. The summed E-state index contributed by atoms with van der Waals surface area (Å²) >= 11 is 0. The molecule has 0 aromatic carbocycles. The van der Waals surface area contributed by atoms with Crippen molar-refractivity contribution in [3.05, 3.63) is 0 Å². The van der Waals surface area contributed by atoms with E-state index >= 15 is 0 Å². The van der Waals surface area contributed by atoms with Crippen molar-refractivity contribution < 1.29 is 5.11 Å². The second-order valence-electron chi connectivity index (χ2n) is 3.65. The highest BCUT2D eigenvalue weighted by molar-refractivity contribution is 4.54. The Labute approximate surface area is 77.2 Å². The normalized spacial score (nSPS) is 13.2. The lowest BCUT2D eigenvalue weighted by molar-refractivity contribution is 0.150. The molecule has 74 valence electrons. The van der Waals surface area contributed by atoms with E-state index in [2.05, 4.69) is 13.8 Å². The van der Waals surface area contributed by atoms with Crippen LogP contribution in [-0.2, 0) is 0 Å². The first-order valence-corrected chi connectivity index (χ1v) is 5.49. The predicted molar refractivity (Wildman–Crippen MR) is 54.3 cm³/mol. The second-order valence-corrected chi connectivity index (χ2v) is 3.65. The number of rotatable bonds is 8. The molecule has 0 saturated carbocycles. The van der Waals surface area contributed by atoms with Crippen LogP contribution in [0.4, 0.5) is 0 Å². The van der Waals surface area contributed by atoms with Crippen LogP contribution in [-0.4, -0.2) is 11.2 Å². The Hall–Kier alpha value is -0.0400. The van der Waals surface area contributed by atoms with Crippen molar-refractivity contribution in [2.24, 2.45) is 0 Å². The van der Waals surface area contributed by atoms with Crippen molar-refractivity contribution in [1.82, 2.24) is 0 Å². The number of aliphatic hydroxyl groups is 1. The number of unbranched alkanes of at least 4 members (excludes halogenated alkanes) is 4. The molecule has 0 amide bonds. The van der Waals surface area contributed by atoms with Gasteiger partial charge >= 0.3 is 0 Å². The molecule has 1 heteroatoms. The summed E-state index contributed by atoms with van der Waals surface area (Å²) in [6.07, 6.45) is 9.57. The highest BCUT2D eigenvalue weighted by Crippen LogP contribution is 2.09. The lowest BCUT2D eigenvalue weighted by Gasteiger charge is -2.07. The van der Waals surface area contributed by atoms with Gasteiger partial charge < -0.3 is 5.11 Å². The third kappa shape index (κ3) is 8.06. The minimum atomic E-state index is -0.0309. The summed E-state index contributed by atoms with van der Waals surface area (Å²) in [5, 5.41) is 9.41. The van der Waals surface area contributed by atoms with E-state index < -0.39 is 0 Å². The summed E-state index contributed by atoms with van der Waals surface area (Å²) in [5.74, 6) is 0. The molecule has 0 radical (unpaired) electrons. The van der Waals surface area contributed by atoms with Crippen molar-refractivity contribution in [2.75, 3.05) is 0 Å². The molecule has 0 bridgehead atoms. The summed E-state index contributed by atoms with van der Waals surface area (Å²) in [6, 6.07) is 0. The summed E-state index contributed by atoms with van der Waals surface area (Å²) in [7, 11) is 0. The number of hydrogen-bond donors (Lipinski definition) is 1. The molecule has 0 spiro atoms. The van der Waals surface area contributed by atoms with E-state index in [1.165, 1.54) is 32.1 Å². The zero-order valence-corrected chi connectivity index (χ0v) is 8.68. The Morgan fingerprint density at radius 3 is 2.08 bits per heavy atom. The highest BCUT2D eigenvalue weighted by atomic mass is 16.3. The van der Waals surface area contributed by atoms with E-state index in [9.17, 15) is 5.11 Å². The van der Waals surface area contributed by atoms with E-state index in [-0.39, 0.29) is 6.10 Å². The van der Waals surface area contributed by atoms with Gasteiger partial charge in [-0.1, -0.05) is 52.4 Å². The summed E-state index contributed by atoms with van der Waals surface area (Å²) in [6.45, 7) is 4.35. The lowest BCUT2D eigenvalue weighted by atomic mass is 10.1. The first-order valence-electron chi connectivity index (χ1n) is 5.49. The van der Waals surface area contributed by atoms with Crippen LogP contribution in [0, 0.1) is 0 Å². The topological polar surface area (TPSA) is 20.2 Å². The van der Waals surface area contributed by atoms with Gasteiger partial charge in [0.25, 0.3) is 0 Å². The fourth-order valence-corrected chi connectivity index (χ4v) is 1.46. The van der Waals surface area contributed by atoms with Crippen molar-refractivity contribution >= 4 is 0 Å². The molecule has 0 unspecified atom stereocenters. The van der Waals surface area contributed by atoms with Gasteiger partial charge in [-0.3, -0.25) is 0 Å². The average molecular weight is 172 g/mol. The Morgan fingerprint density at radius 2 is 1.50 bits per heavy atom. The van der Waals surface area contributed by atoms with Crippen LogP contribution >= 0.6 is 0 Å². The molecule has 1 N–H and O–H groups in total. The van der Waals surface area contributed by atoms with E-state index in [1.807, 2.05) is 0 Å². The van der Waals surface area contributed by atoms with Crippen molar-refractivity contribution in [2.45, 2.75) is 71.3 Å². The smallest absolute Gasteiger partial charge is 0.0540 e. The fourth-order valence-electron chi connectivity index (χ4n) is 1.46. The molecule has 0 aliphatic heterocycles. The SMILES string of the molecule is CCCCCCC[C@H](O)CCC. The minimum Gasteiger partial charge on any atom is -0.393 e. The molecule has 0 aromatic heterocycles. The van der Waals surface area contributed by atoms with Crippen molar-refractivity contribution in [3.63, 3.8) is 0 Å². The molecule has 0 rings (SSSR count). The van der Waals surface area contributed by atoms with Crippen molar-refractivity contribution in [1.29, 1.82) is 0 Å². The van der Waals surface area contributed by atoms with Gasteiger partial charge in [-0.05, 0) is 12.8 Å². The van der Waals surface area contributed by atoms with Gasteiger partial charge in [-0.15, -0.1) is 0 Å². The molecule has 0 heterocycles. The quantitative estimate of drug-likeness (QED) is 0.555. The molecule has 0 aliphatic rings. The summed E-state index contributed by atoms with van der Waals surface area (Å²) in [5.41, 5.74) is 0. The maximum atomic E-state index is 9.41. The standard InChI is InChI=1S/C11H24O/c1-3-5-6-7-8-10-11(12)9-4-2/h11-12H,3-10H2,1-2H3/t11-/m1/s1. The molecule has 0 aliphatic carbocycles. The van der Waals surface area contributed by atoms with Crippen molar-refractivity contribution in [3.8, 4) is 0 Å². The summed E-state index contributed by atoms with van der Waals surface area (Å²) < 4.78 is 0. The average Bonchev–Trinajstić information content (AvgIpc) is 2.05. The van der Waals surface area contributed by atoms with Crippen LogP contribution in [0.3, 0.4) is 0 Å². The summed E-state index contributed by atoms with van der Waals surface area (Å²) in [4.78, 5) is 0. The molecule has 0 aromatic rings. The van der Waals surface area contributed by atoms with Crippen LogP contribution in [0.1, 0.15) is 65.2 Å². The minimum absolute atomic E-state index is 0.0309. The van der Waals surface area contributed by atoms with Crippen LogP contribution in [0.15, 0.2) is 0 Å². The predicted octanol–water partition coefficient (Wildman–Crippen LogP) is 3.51. The maximum absolute atomic E-state index is 9.41. The zero-order valence-electron chi connectivity index (χ0n) is 8.68. The Balaban J connectivity index is 2.97. The second kappa shape index (κ2) is 9.05. The molecule has 1 atom stereocenters. The molecular formula is C11H24O. The largest absolute Gasteiger partial charge is 0.393 e. The Morgan fingerprint density at radius 1 is 0.833 bits per heavy atom. The van der Waals surface area contributed by atoms with Crippen LogP contribution in [0.2, 0.25) is 0 Å². The highest BCUT2D eigenvalue weighted by Gasteiger charge is 2.00. The van der Waals surface area contributed by atoms with Crippen LogP contribution < -0.4 is 0 Å². The Kier molecular flexibility index (Phi) is 9.02. The van der Waals surface area contributed by atoms with E-state index in [4.69, 9.17) is 0 Å².